The van der Waals surface area contributed by atoms with Gasteiger partial charge >= 0.3 is 5.88 Å². The number of amides is 1. The zero-order valence-corrected chi connectivity index (χ0v) is 13.4. The van der Waals surface area contributed by atoms with Crippen LogP contribution in [0.2, 0.25) is 0 Å². The van der Waals surface area contributed by atoms with Gasteiger partial charge in [0.15, 0.2) is 5.76 Å². The highest BCUT2D eigenvalue weighted by atomic mass is 19.1. The van der Waals surface area contributed by atoms with Crippen molar-refractivity contribution in [3.8, 4) is 0 Å². The molecule has 0 atom stereocenters. The Morgan fingerprint density at radius 3 is 2.50 bits per heavy atom. The van der Waals surface area contributed by atoms with Gasteiger partial charge in [0.05, 0.1) is 6.07 Å². The van der Waals surface area contributed by atoms with Gasteiger partial charge < -0.3 is 14.2 Å². The van der Waals surface area contributed by atoms with Gasteiger partial charge in [-0.25, -0.2) is 4.39 Å². The molecule has 0 fully saturated rings. The molecule has 2 rings (SSSR count). The van der Waals surface area contributed by atoms with Gasteiger partial charge in [0.2, 0.25) is 0 Å². The molecule has 128 valence electrons. The molecule has 0 saturated heterocycles. The predicted octanol–water partition coefficient (Wildman–Crippen LogP) is 2.53. The van der Waals surface area contributed by atoms with Crippen LogP contribution in [0, 0.1) is 15.9 Å². The smallest absolute Gasteiger partial charge is 0.395 e. The summed E-state index contributed by atoms with van der Waals surface area (Å²) in [6, 6.07) is 8.55. The SMILES string of the molecule is CN(C)CCN(Cc1ccccc1F)C(=O)c1ccc([N+](=O)[O-])o1. The zero-order chi connectivity index (χ0) is 17.7. The molecule has 2 aromatic rings. The van der Waals surface area contributed by atoms with E-state index in [1.807, 2.05) is 19.0 Å². The van der Waals surface area contributed by atoms with Crippen LogP contribution < -0.4 is 0 Å². The minimum atomic E-state index is -0.711. The van der Waals surface area contributed by atoms with Gasteiger partial charge in [0, 0.05) is 25.2 Å². The summed E-state index contributed by atoms with van der Waals surface area (Å²) in [4.78, 5) is 25.8. The van der Waals surface area contributed by atoms with Gasteiger partial charge in [-0.3, -0.25) is 14.9 Å². The first-order valence-corrected chi connectivity index (χ1v) is 7.30. The molecule has 0 aliphatic heterocycles. The quantitative estimate of drug-likeness (QED) is 0.574. The molecule has 0 aliphatic carbocycles. The van der Waals surface area contributed by atoms with Crippen LogP contribution in [0.15, 0.2) is 40.8 Å². The largest absolute Gasteiger partial charge is 0.433 e. The maximum absolute atomic E-state index is 13.9. The van der Waals surface area contributed by atoms with E-state index in [1.165, 1.54) is 17.0 Å². The summed E-state index contributed by atoms with van der Waals surface area (Å²) in [5, 5.41) is 10.7. The Morgan fingerprint density at radius 2 is 1.92 bits per heavy atom. The number of nitro groups is 1. The third kappa shape index (κ3) is 4.39. The number of halogens is 1. The molecule has 1 aromatic carbocycles. The summed E-state index contributed by atoms with van der Waals surface area (Å²) in [6.45, 7) is 0.936. The number of benzene rings is 1. The highest BCUT2D eigenvalue weighted by molar-refractivity contribution is 5.91. The van der Waals surface area contributed by atoms with Crippen molar-refractivity contribution in [2.45, 2.75) is 6.54 Å². The summed E-state index contributed by atoms with van der Waals surface area (Å²) in [7, 11) is 3.70. The van der Waals surface area contributed by atoms with E-state index in [1.54, 1.807) is 18.2 Å². The minimum absolute atomic E-state index is 0.0494. The standard InChI is InChI=1S/C16H18FN3O4/c1-18(2)9-10-19(11-12-5-3-4-6-13(12)17)16(21)14-7-8-15(24-14)20(22)23/h3-8H,9-11H2,1-2H3. The first-order chi connectivity index (χ1) is 11.4. The number of nitrogens with zero attached hydrogens (tertiary/aromatic N) is 3. The van der Waals surface area contributed by atoms with E-state index in [9.17, 15) is 19.3 Å². The monoisotopic (exact) mass is 335 g/mol. The Morgan fingerprint density at radius 1 is 1.21 bits per heavy atom. The molecule has 1 aromatic heterocycles. The van der Waals surface area contributed by atoms with Crippen molar-refractivity contribution in [3.63, 3.8) is 0 Å². The van der Waals surface area contributed by atoms with Gasteiger partial charge in [-0.15, -0.1) is 0 Å². The number of hydrogen-bond donors (Lipinski definition) is 0. The Balaban J connectivity index is 2.22. The molecule has 0 unspecified atom stereocenters. The van der Waals surface area contributed by atoms with Crippen molar-refractivity contribution in [2.24, 2.45) is 0 Å². The van der Waals surface area contributed by atoms with Crippen molar-refractivity contribution in [1.29, 1.82) is 0 Å². The van der Waals surface area contributed by atoms with E-state index in [0.717, 1.165) is 6.07 Å². The molecule has 0 N–H and O–H groups in total. The van der Waals surface area contributed by atoms with Crippen molar-refractivity contribution < 1.29 is 18.5 Å². The zero-order valence-electron chi connectivity index (χ0n) is 13.4. The molecule has 7 nitrogen and oxygen atoms in total. The summed E-state index contributed by atoms with van der Waals surface area (Å²) >= 11 is 0. The first-order valence-electron chi connectivity index (χ1n) is 7.30. The lowest BCUT2D eigenvalue weighted by Gasteiger charge is -2.23. The van der Waals surface area contributed by atoms with Gasteiger partial charge in [-0.1, -0.05) is 18.2 Å². The van der Waals surface area contributed by atoms with E-state index in [-0.39, 0.29) is 12.3 Å². The Kier molecular flexibility index (Phi) is 5.64. The van der Waals surface area contributed by atoms with Crippen molar-refractivity contribution in [2.75, 3.05) is 27.2 Å². The molecule has 1 heterocycles. The number of likely N-dealkylation sites (N-methyl/N-ethyl adjacent to an activating group) is 1. The van der Waals surface area contributed by atoms with Crippen molar-refractivity contribution >= 4 is 11.8 Å². The number of carbonyl (C=O) groups excluding carboxylic acids is 1. The fourth-order valence-electron chi connectivity index (χ4n) is 2.10. The fourth-order valence-corrected chi connectivity index (χ4v) is 2.10. The lowest BCUT2D eigenvalue weighted by molar-refractivity contribution is -0.402. The molecule has 8 heteroatoms. The van der Waals surface area contributed by atoms with Crippen LogP contribution in [-0.2, 0) is 6.54 Å². The summed E-state index contributed by atoms with van der Waals surface area (Å²) in [5.41, 5.74) is 0.366. The number of hydrogen-bond acceptors (Lipinski definition) is 5. The van der Waals surface area contributed by atoms with E-state index < -0.39 is 22.5 Å². The van der Waals surface area contributed by atoms with Crippen LogP contribution in [0.4, 0.5) is 10.3 Å². The summed E-state index contributed by atoms with van der Waals surface area (Å²) in [6.07, 6.45) is 0. The number of furan rings is 1. The second-order valence-electron chi connectivity index (χ2n) is 5.52. The molecular weight excluding hydrogens is 317 g/mol. The Hall–Kier alpha value is -2.74. The Labute approximate surface area is 138 Å². The van der Waals surface area contributed by atoms with Crippen LogP contribution in [0.1, 0.15) is 16.1 Å². The van der Waals surface area contributed by atoms with Crippen molar-refractivity contribution in [1.82, 2.24) is 9.80 Å². The van der Waals surface area contributed by atoms with Crippen LogP contribution in [0.5, 0.6) is 0 Å². The maximum Gasteiger partial charge on any atom is 0.433 e. The van der Waals surface area contributed by atoms with Crippen LogP contribution in [-0.4, -0.2) is 47.8 Å². The summed E-state index contributed by atoms with van der Waals surface area (Å²) < 4.78 is 18.8. The molecule has 0 radical (unpaired) electrons. The number of carbonyl (C=O) groups is 1. The summed E-state index contributed by atoms with van der Waals surface area (Å²) in [5.74, 6) is -1.58. The van der Waals surface area contributed by atoms with Crippen LogP contribution >= 0.6 is 0 Å². The molecule has 1 amide bonds. The van der Waals surface area contributed by atoms with Gasteiger partial charge in [-0.2, -0.15) is 0 Å². The van der Waals surface area contributed by atoms with E-state index in [0.29, 0.717) is 18.7 Å². The van der Waals surface area contributed by atoms with Gasteiger partial charge in [0.25, 0.3) is 5.91 Å². The maximum atomic E-state index is 13.9. The Bertz CT molecular complexity index is 730. The molecule has 0 bridgehead atoms. The first kappa shape index (κ1) is 17.6. The predicted molar refractivity (Wildman–Crippen MR) is 85.1 cm³/mol. The van der Waals surface area contributed by atoms with Crippen LogP contribution in [0.3, 0.4) is 0 Å². The van der Waals surface area contributed by atoms with E-state index in [4.69, 9.17) is 4.42 Å². The molecule has 0 spiro atoms. The van der Waals surface area contributed by atoms with E-state index in [2.05, 4.69) is 0 Å². The van der Waals surface area contributed by atoms with Crippen molar-refractivity contribution in [3.05, 3.63) is 63.7 Å². The minimum Gasteiger partial charge on any atom is -0.395 e. The number of rotatable bonds is 7. The second-order valence-corrected chi connectivity index (χ2v) is 5.52. The highest BCUT2D eigenvalue weighted by Gasteiger charge is 2.23. The normalized spacial score (nSPS) is 10.8. The molecule has 24 heavy (non-hydrogen) atoms. The lowest BCUT2D eigenvalue weighted by Crippen LogP contribution is -2.36. The third-order valence-corrected chi connectivity index (χ3v) is 3.41. The fraction of sp³-hybridized carbons (Fsp3) is 0.312. The van der Waals surface area contributed by atoms with Crippen LogP contribution in [0.25, 0.3) is 0 Å². The highest BCUT2D eigenvalue weighted by Crippen LogP contribution is 2.19. The second kappa shape index (κ2) is 7.69. The van der Waals surface area contributed by atoms with E-state index >= 15 is 0 Å². The van der Waals surface area contributed by atoms with Gasteiger partial charge in [-0.05, 0) is 26.2 Å². The average Bonchev–Trinajstić information content (AvgIpc) is 3.02. The topological polar surface area (TPSA) is 79.8 Å². The molecule has 0 aliphatic rings. The average molecular weight is 335 g/mol. The molecular formula is C16H18FN3O4. The van der Waals surface area contributed by atoms with Gasteiger partial charge in [0.1, 0.15) is 10.7 Å². The lowest BCUT2D eigenvalue weighted by atomic mass is 10.2. The third-order valence-electron chi connectivity index (χ3n) is 3.41. The molecule has 0 saturated carbocycles.